The Morgan fingerprint density at radius 3 is 2.94 bits per heavy atom. The highest BCUT2D eigenvalue weighted by molar-refractivity contribution is 6.31. The van der Waals surface area contributed by atoms with Crippen molar-refractivity contribution in [3.05, 3.63) is 52.7 Å². The molecule has 0 unspecified atom stereocenters. The zero-order valence-corrected chi connectivity index (χ0v) is 10.6. The number of carbonyl (C=O) groups is 1. The summed E-state index contributed by atoms with van der Waals surface area (Å²) < 4.78 is 10.0. The molecule has 0 radical (unpaired) electrons. The molecule has 5 heteroatoms. The van der Waals surface area contributed by atoms with Gasteiger partial charge in [-0.2, -0.15) is 0 Å². The molecule has 0 spiro atoms. The Balaban J connectivity index is 2.12. The number of ether oxygens (including phenoxy) is 1. The van der Waals surface area contributed by atoms with E-state index in [1.165, 1.54) is 6.26 Å². The monoisotopic (exact) mass is 265 g/mol. The Kier molecular flexibility index (Phi) is 3.99. The third-order valence-electron chi connectivity index (χ3n) is 2.34. The van der Waals surface area contributed by atoms with Gasteiger partial charge in [0.2, 0.25) is 0 Å². The Morgan fingerprint density at radius 1 is 1.44 bits per heavy atom. The second-order valence-electron chi connectivity index (χ2n) is 3.62. The van der Waals surface area contributed by atoms with Crippen LogP contribution in [-0.2, 0) is 11.2 Å². The van der Waals surface area contributed by atoms with Crippen LogP contribution in [0.15, 0.2) is 34.9 Å². The minimum Gasteiger partial charge on any atom is -0.461 e. The lowest BCUT2D eigenvalue weighted by molar-refractivity contribution is 0.0519. The molecule has 18 heavy (non-hydrogen) atoms. The summed E-state index contributed by atoms with van der Waals surface area (Å²) in [5.41, 5.74) is 1.08. The van der Waals surface area contributed by atoms with Gasteiger partial charge < -0.3 is 9.15 Å². The van der Waals surface area contributed by atoms with Crippen molar-refractivity contribution in [3.8, 4) is 0 Å². The molecule has 0 saturated heterocycles. The third-order valence-corrected chi connectivity index (χ3v) is 2.70. The Morgan fingerprint density at radius 2 is 2.22 bits per heavy atom. The summed E-state index contributed by atoms with van der Waals surface area (Å²) >= 11 is 6.03. The summed E-state index contributed by atoms with van der Waals surface area (Å²) in [4.78, 5) is 15.5. The average Bonchev–Trinajstić information content (AvgIpc) is 2.81. The van der Waals surface area contributed by atoms with Crippen LogP contribution in [0.3, 0.4) is 0 Å². The minimum atomic E-state index is -0.480. The van der Waals surface area contributed by atoms with Gasteiger partial charge in [0.05, 0.1) is 13.0 Å². The minimum absolute atomic E-state index is 0.180. The Hall–Kier alpha value is -1.81. The maximum absolute atomic E-state index is 11.4. The van der Waals surface area contributed by atoms with Crippen molar-refractivity contribution in [3.63, 3.8) is 0 Å². The number of nitrogens with zero attached hydrogens (tertiary/aromatic N) is 1. The van der Waals surface area contributed by atoms with E-state index in [2.05, 4.69) is 4.98 Å². The summed E-state index contributed by atoms with van der Waals surface area (Å²) in [5, 5.41) is 0.647. The first-order valence-electron chi connectivity index (χ1n) is 5.55. The van der Waals surface area contributed by atoms with E-state index in [9.17, 15) is 4.79 Å². The predicted molar refractivity (Wildman–Crippen MR) is 66.7 cm³/mol. The summed E-state index contributed by atoms with van der Waals surface area (Å²) in [6.45, 7) is 2.05. The molecule has 1 aromatic heterocycles. The number of halogens is 1. The largest absolute Gasteiger partial charge is 0.461 e. The molecular weight excluding hydrogens is 254 g/mol. The standard InChI is InChI=1S/C13H12ClNO3/c1-2-17-13(16)11-8-18-12(15-11)7-9-5-3-4-6-10(9)14/h3-6,8H,2,7H2,1H3. The van der Waals surface area contributed by atoms with E-state index < -0.39 is 5.97 Å². The highest BCUT2D eigenvalue weighted by Gasteiger charge is 2.13. The smallest absolute Gasteiger partial charge is 0.360 e. The molecule has 0 N–H and O–H groups in total. The van der Waals surface area contributed by atoms with Crippen molar-refractivity contribution in [1.82, 2.24) is 4.98 Å². The van der Waals surface area contributed by atoms with Gasteiger partial charge >= 0.3 is 5.97 Å². The zero-order valence-electron chi connectivity index (χ0n) is 9.85. The van der Waals surface area contributed by atoms with E-state index in [1.807, 2.05) is 18.2 Å². The molecular formula is C13H12ClNO3. The molecule has 1 heterocycles. The maximum atomic E-state index is 11.4. The van der Waals surface area contributed by atoms with Gasteiger partial charge in [-0.1, -0.05) is 29.8 Å². The molecule has 0 atom stereocenters. The molecule has 2 aromatic rings. The Labute approximate surface area is 110 Å². The van der Waals surface area contributed by atoms with Crippen LogP contribution in [0, 0.1) is 0 Å². The molecule has 2 rings (SSSR count). The molecule has 0 amide bonds. The summed E-state index contributed by atoms with van der Waals surface area (Å²) in [5.74, 6) is -0.0437. The van der Waals surface area contributed by atoms with E-state index in [1.54, 1.807) is 13.0 Å². The molecule has 0 aliphatic heterocycles. The van der Waals surface area contributed by atoms with Gasteiger partial charge in [0.15, 0.2) is 11.6 Å². The van der Waals surface area contributed by atoms with E-state index in [0.717, 1.165) is 5.56 Å². The van der Waals surface area contributed by atoms with E-state index in [0.29, 0.717) is 23.9 Å². The molecule has 1 aromatic carbocycles. The summed E-state index contributed by atoms with van der Waals surface area (Å²) in [7, 11) is 0. The van der Waals surface area contributed by atoms with Gasteiger partial charge in [0.25, 0.3) is 0 Å². The highest BCUT2D eigenvalue weighted by atomic mass is 35.5. The van der Waals surface area contributed by atoms with Gasteiger partial charge in [-0.15, -0.1) is 0 Å². The average molecular weight is 266 g/mol. The van der Waals surface area contributed by atoms with E-state index in [-0.39, 0.29) is 5.69 Å². The number of benzene rings is 1. The van der Waals surface area contributed by atoms with Crippen LogP contribution in [-0.4, -0.2) is 17.6 Å². The van der Waals surface area contributed by atoms with Gasteiger partial charge in [-0.3, -0.25) is 0 Å². The predicted octanol–water partition coefficient (Wildman–Crippen LogP) is 3.10. The SMILES string of the molecule is CCOC(=O)c1coc(Cc2ccccc2Cl)n1. The molecule has 94 valence electrons. The van der Waals surface area contributed by atoms with Crippen molar-refractivity contribution in [1.29, 1.82) is 0 Å². The van der Waals surface area contributed by atoms with Crippen LogP contribution in [0.1, 0.15) is 28.9 Å². The van der Waals surface area contributed by atoms with Crippen LogP contribution >= 0.6 is 11.6 Å². The van der Waals surface area contributed by atoms with E-state index >= 15 is 0 Å². The normalized spacial score (nSPS) is 10.3. The van der Waals surface area contributed by atoms with Crippen LogP contribution in [0.2, 0.25) is 5.02 Å². The zero-order chi connectivity index (χ0) is 13.0. The lowest BCUT2D eigenvalue weighted by atomic mass is 10.1. The van der Waals surface area contributed by atoms with Crippen molar-refractivity contribution in [2.24, 2.45) is 0 Å². The third kappa shape index (κ3) is 2.90. The molecule has 0 aliphatic carbocycles. The molecule has 0 bridgehead atoms. The number of esters is 1. The van der Waals surface area contributed by atoms with Gasteiger partial charge in [0, 0.05) is 5.02 Å². The molecule has 0 saturated carbocycles. The lowest BCUT2D eigenvalue weighted by Gasteiger charge is -1.99. The summed E-state index contributed by atoms with van der Waals surface area (Å²) in [6, 6.07) is 7.42. The van der Waals surface area contributed by atoms with Gasteiger partial charge in [0.1, 0.15) is 6.26 Å². The molecule has 4 nitrogen and oxygen atoms in total. The summed E-state index contributed by atoms with van der Waals surface area (Å²) in [6.07, 6.45) is 1.74. The topological polar surface area (TPSA) is 52.3 Å². The number of hydrogen-bond acceptors (Lipinski definition) is 4. The first kappa shape index (κ1) is 12.6. The first-order chi connectivity index (χ1) is 8.70. The van der Waals surface area contributed by atoms with Gasteiger partial charge in [-0.25, -0.2) is 9.78 Å². The number of carbonyl (C=O) groups excluding carboxylic acids is 1. The number of hydrogen-bond donors (Lipinski definition) is 0. The number of rotatable bonds is 4. The fourth-order valence-corrected chi connectivity index (χ4v) is 1.70. The van der Waals surface area contributed by atoms with Gasteiger partial charge in [-0.05, 0) is 18.6 Å². The van der Waals surface area contributed by atoms with Crippen molar-refractivity contribution >= 4 is 17.6 Å². The molecule has 0 fully saturated rings. The quantitative estimate of drug-likeness (QED) is 0.797. The number of oxazole rings is 1. The van der Waals surface area contributed by atoms with Crippen molar-refractivity contribution in [2.75, 3.05) is 6.61 Å². The van der Waals surface area contributed by atoms with Crippen LogP contribution in [0.4, 0.5) is 0 Å². The fourth-order valence-electron chi connectivity index (χ4n) is 1.50. The van der Waals surface area contributed by atoms with Crippen molar-refractivity contribution in [2.45, 2.75) is 13.3 Å². The highest BCUT2D eigenvalue weighted by Crippen LogP contribution is 2.18. The molecule has 0 aliphatic rings. The van der Waals surface area contributed by atoms with Crippen LogP contribution in [0.25, 0.3) is 0 Å². The van der Waals surface area contributed by atoms with Crippen LogP contribution < -0.4 is 0 Å². The van der Waals surface area contributed by atoms with Crippen molar-refractivity contribution < 1.29 is 13.9 Å². The maximum Gasteiger partial charge on any atom is 0.360 e. The number of aromatic nitrogens is 1. The first-order valence-corrected chi connectivity index (χ1v) is 5.93. The lowest BCUT2D eigenvalue weighted by Crippen LogP contribution is -2.05. The van der Waals surface area contributed by atoms with E-state index in [4.69, 9.17) is 20.8 Å². The second kappa shape index (κ2) is 5.69. The van der Waals surface area contributed by atoms with Crippen LogP contribution in [0.5, 0.6) is 0 Å². The Bertz CT molecular complexity index is 551. The second-order valence-corrected chi connectivity index (χ2v) is 4.02. The fraction of sp³-hybridized carbons (Fsp3) is 0.231.